The van der Waals surface area contributed by atoms with Crippen LogP contribution >= 0.6 is 0 Å². The van der Waals surface area contributed by atoms with Crippen LogP contribution in [0.5, 0.6) is 0 Å². The predicted molar refractivity (Wildman–Crippen MR) is 70.0 cm³/mol. The number of piperidine rings is 1. The van der Waals surface area contributed by atoms with Gasteiger partial charge in [-0.2, -0.15) is 0 Å². The third-order valence-electron chi connectivity index (χ3n) is 3.45. The fourth-order valence-electron chi connectivity index (χ4n) is 2.52. The van der Waals surface area contributed by atoms with E-state index in [1.54, 1.807) is 7.05 Å². The van der Waals surface area contributed by atoms with Crippen molar-refractivity contribution in [2.45, 2.75) is 25.0 Å². The van der Waals surface area contributed by atoms with Gasteiger partial charge in [0, 0.05) is 20.1 Å². The first-order chi connectivity index (χ1) is 8.64. The van der Waals surface area contributed by atoms with E-state index < -0.39 is 5.60 Å². The van der Waals surface area contributed by atoms with E-state index in [9.17, 15) is 9.90 Å². The summed E-state index contributed by atoms with van der Waals surface area (Å²) in [6.45, 7) is 2.11. The number of likely N-dealkylation sites (tertiary alicyclic amines) is 1. The maximum absolute atomic E-state index is 11.7. The van der Waals surface area contributed by atoms with Crippen molar-refractivity contribution in [2.24, 2.45) is 0 Å². The molecule has 18 heavy (non-hydrogen) atoms. The van der Waals surface area contributed by atoms with Crippen LogP contribution in [0.15, 0.2) is 30.3 Å². The molecule has 1 aliphatic heterocycles. The molecule has 0 bridgehead atoms. The van der Waals surface area contributed by atoms with Crippen molar-refractivity contribution in [3.8, 4) is 0 Å². The molecule has 4 heteroatoms. The number of benzene rings is 1. The normalized spacial score (nSPS) is 24.8. The van der Waals surface area contributed by atoms with Gasteiger partial charge in [-0.25, -0.2) is 0 Å². The first-order valence-electron chi connectivity index (χ1n) is 6.35. The molecule has 1 aromatic rings. The lowest BCUT2D eigenvalue weighted by Crippen LogP contribution is -2.56. The summed E-state index contributed by atoms with van der Waals surface area (Å²) in [4.78, 5) is 13.8. The average molecular weight is 248 g/mol. The van der Waals surface area contributed by atoms with E-state index in [4.69, 9.17) is 0 Å². The van der Waals surface area contributed by atoms with E-state index >= 15 is 0 Å². The number of amides is 1. The summed E-state index contributed by atoms with van der Waals surface area (Å²) < 4.78 is 0. The van der Waals surface area contributed by atoms with Crippen LogP contribution in [0, 0.1) is 0 Å². The molecule has 1 aromatic carbocycles. The number of carbonyl (C=O) groups excluding carboxylic acids is 1. The van der Waals surface area contributed by atoms with Crippen molar-refractivity contribution in [1.82, 2.24) is 10.2 Å². The third kappa shape index (κ3) is 2.89. The van der Waals surface area contributed by atoms with Gasteiger partial charge in [0.2, 0.25) is 0 Å². The second kappa shape index (κ2) is 5.50. The first-order valence-corrected chi connectivity index (χ1v) is 6.35. The fraction of sp³-hybridized carbons (Fsp3) is 0.500. The van der Waals surface area contributed by atoms with Gasteiger partial charge < -0.3 is 10.4 Å². The molecule has 0 saturated carbocycles. The minimum absolute atomic E-state index is 0.278. The topological polar surface area (TPSA) is 52.6 Å². The van der Waals surface area contributed by atoms with Gasteiger partial charge in [-0.15, -0.1) is 0 Å². The summed E-state index contributed by atoms with van der Waals surface area (Å²) in [6.07, 6.45) is 1.38. The van der Waals surface area contributed by atoms with Gasteiger partial charge in [0.1, 0.15) is 0 Å². The van der Waals surface area contributed by atoms with Gasteiger partial charge in [-0.05, 0) is 24.9 Å². The molecule has 0 radical (unpaired) electrons. The van der Waals surface area contributed by atoms with Gasteiger partial charge in [-0.3, -0.25) is 9.69 Å². The van der Waals surface area contributed by atoms with Crippen molar-refractivity contribution >= 4 is 5.91 Å². The number of hydrogen-bond donors (Lipinski definition) is 2. The lowest BCUT2D eigenvalue weighted by atomic mass is 9.91. The molecular formula is C14H20N2O2. The number of rotatable bonds is 3. The van der Waals surface area contributed by atoms with Crippen molar-refractivity contribution < 1.29 is 9.90 Å². The summed E-state index contributed by atoms with van der Waals surface area (Å²) in [5.41, 5.74) is -0.0273. The van der Waals surface area contributed by atoms with Crippen LogP contribution in [-0.2, 0) is 11.3 Å². The molecule has 1 atom stereocenters. The van der Waals surface area contributed by atoms with E-state index in [0.29, 0.717) is 13.0 Å². The monoisotopic (exact) mass is 248 g/mol. The Morgan fingerprint density at radius 2 is 2.17 bits per heavy atom. The van der Waals surface area contributed by atoms with Crippen LogP contribution < -0.4 is 5.32 Å². The smallest absolute Gasteiger partial charge is 0.253 e. The van der Waals surface area contributed by atoms with Gasteiger partial charge in [0.15, 0.2) is 5.60 Å². The first kappa shape index (κ1) is 13.1. The molecule has 2 rings (SSSR count). The molecule has 0 spiro atoms. The highest BCUT2D eigenvalue weighted by molar-refractivity contribution is 5.85. The maximum atomic E-state index is 11.7. The molecule has 1 saturated heterocycles. The Labute approximate surface area is 108 Å². The number of likely N-dealkylation sites (N-methyl/N-ethyl adjacent to an activating group) is 1. The SMILES string of the molecule is CNC(=O)C1(O)CCCN(Cc2ccccc2)C1. The van der Waals surface area contributed by atoms with Gasteiger partial charge in [0.25, 0.3) is 5.91 Å². The Balaban J connectivity index is 2.01. The molecule has 1 unspecified atom stereocenters. The highest BCUT2D eigenvalue weighted by Gasteiger charge is 2.39. The molecule has 0 aliphatic carbocycles. The number of hydrogen-bond acceptors (Lipinski definition) is 3. The zero-order valence-corrected chi connectivity index (χ0v) is 10.7. The molecule has 1 fully saturated rings. The Morgan fingerprint density at radius 3 is 2.83 bits per heavy atom. The second-order valence-electron chi connectivity index (χ2n) is 4.91. The van der Waals surface area contributed by atoms with Crippen LogP contribution in [-0.4, -0.2) is 41.7 Å². The van der Waals surface area contributed by atoms with Crippen molar-refractivity contribution in [3.63, 3.8) is 0 Å². The zero-order valence-electron chi connectivity index (χ0n) is 10.7. The molecule has 2 N–H and O–H groups in total. The van der Waals surface area contributed by atoms with E-state index in [2.05, 4.69) is 22.3 Å². The number of aliphatic hydroxyl groups is 1. The summed E-state index contributed by atoms with van der Waals surface area (Å²) in [6, 6.07) is 10.1. The standard InChI is InChI=1S/C14H20N2O2/c1-15-13(17)14(18)8-5-9-16(11-14)10-12-6-3-2-4-7-12/h2-4,6-7,18H,5,8-11H2,1H3,(H,15,17). The zero-order chi connectivity index (χ0) is 13.0. The highest BCUT2D eigenvalue weighted by Crippen LogP contribution is 2.22. The Bertz CT molecular complexity index is 408. The average Bonchev–Trinajstić information content (AvgIpc) is 2.39. The molecule has 1 amide bonds. The van der Waals surface area contributed by atoms with Crippen LogP contribution in [0.3, 0.4) is 0 Å². The predicted octanol–water partition coefficient (Wildman–Crippen LogP) is 0.759. The Hall–Kier alpha value is -1.39. The Kier molecular flexibility index (Phi) is 3.99. The number of nitrogens with one attached hydrogen (secondary N) is 1. The summed E-state index contributed by atoms with van der Waals surface area (Å²) in [5, 5.41) is 12.9. The number of nitrogens with zero attached hydrogens (tertiary/aromatic N) is 1. The largest absolute Gasteiger partial charge is 0.379 e. The fourth-order valence-corrected chi connectivity index (χ4v) is 2.52. The lowest BCUT2D eigenvalue weighted by molar-refractivity contribution is -0.145. The quantitative estimate of drug-likeness (QED) is 0.830. The maximum Gasteiger partial charge on any atom is 0.253 e. The van der Waals surface area contributed by atoms with E-state index in [-0.39, 0.29) is 5.91 Å². The van der Waals surface area contributed by atoms with E-state index in [1.165, 1.54) is 5.56 Å². The minimum atomic E-state index is -1.23. The molecule has 1 aliphatic rings. The van der Waals surface area contributed by atoms with Crippen LogP contribution in [0.1, 0.15) is 18.4 Å². The van der Waals surface area contributed by atoms with Crippen LogP contribution in [0.4, 0.5) is 0 Å². The third-order valence-corrected chi connectivity index (χ3v) is 3.45. The van der Waals surface area contributed by atoms with E-state index in [0.717, 1.165) is 19.5 Å². The van der Waals surface area contributed by atoms with Crippen LogP contribution in [0.2, 0.25) is 0 Å². The van der Waals surface area contributed by atoms with Crippen LogP contribution in [0.25, 0.3) is 0 Å². The Morgan fingerprint density at radius 1 is 1.44 bits per heavy atom. The highest BCUT2D eigenvalue weighted by atomic mass is 16.3. The summed E-state index contributed by atoms with van der Waals surface area (Å²) in [7, 11) is 1.57. The number of carbonyl (C=O) groups is 1. The molecular weight excluding hydrogens is 228 g/mol. The summed E-state index contributed by atoms with van der Waals surface area (Å²) >= 11 is 0. The summed E-state index contributed by atoms with van der Waals surface area (Å²) in [5.74, 6) is -0.278. The van der Waals surface area contributed by atoms with Gasteiger partial charge in [-0.1, -0.05) is 30.3 Å². The van der Waals surface area contributed by atoms with E-state index in [1.807, 2.05) is 18.2 Å². The van der Waals surface area contributed by atoms with Crippen molar-refractivity contribution in [2.75, 3.05) is 20.1 Å². The van der Waals surface area contributed by atoms with Crippen molar-refractivity contribution in [1.29, 1.82) is 0 Å². The molecule has 1 heterocycles. The number of β-amino-alcohol motifs (C(OH)–C–C–N with tert-alkyl or cyclic N) is 1. The molecule has 4 nitrogen and oxygen atoms in total. The lowest BCUT2D eigenvalue weighted by Gasteiger charge is -2.37. The minimum Gasteiger partial charge on any atom is -0.379 e. The molecule has 98 valence electrons. The van der Waals surface area contributed by atoms with Gasteiger partial charge in [0.05, 0.1) is 0 Å². The molecule has 0 aromatic heterocycles. The second-order valence-corrected chi connectivity index (χ2v) is 4.91. The van der Waals surface area contributed by atoms with Gasteiger partial charge >= 0.3 is 0 Å². The van der Waals surface area contributed by atoms with Crippen molar-refractivity contribution in [3.05, 3.63) is 35.9 Å².